The fourth-order valence-corrected chi connectivity index (χ4v) is 1.73. The maximum absolute atomic E-state index is 13.3. The van der Waals surface area contributed by atoms with E-state index in [1.165, 1.54) is 6.07 Å². The van der Waals surface area contributed by atoms with Gasteiger partial charge in [0, 0.05) is 19.0 Å². The monoisotopic (exact) mass is 256 g/mol. The second-order valence-electron chi connectivity index (χ2n) is 4.12. The Hall–Kier alpha value is -1.29. The highest BCUT2D eigenvalue weighted by atomic mass is 35.5. The van der Waals surface area contributed by atoms with Crippen LogP contribution < -0.4 is 10.6 Å². The van der Waals surface area contributed by atoms with E-state index in [2.05, 4.69) is 10.6 Å². The van der Waals surface area contributed by atoms with Gasteiger partial charge in [0.05, 0.1) is 10.7 Å². The predicted octanol–water partition coefficient (Wildman–Crippen LogP) is 2.56. The molecule has 0 spiro atoms. The number of hydrogen-bond acceptors (Lipinski definition) is 2. The van der Waals surface area contributed by atoms with E-state index in [1.54, 1.807) is 12.1 Å². The van der Waals surface area contributed by atoms with Gasteiger partial charge in [-0.05, 0) is 25.0 Å². The Morgan fingerprint density at radius 2 is 2.24 bits per heavy atom. The number of carbonyl (C=O) groups excluding carboxylic acids is 1. The molecule has 0 aliphatic heterocycles. The summed E-state index contributed by atoms with van der Waals surface area (Å²) in [5, 5.41) is 6.03. The van der Waals surface area contributed by atoms with Gasteiger partial charge in [0.15, 0.2) is 0 Å². The quantitative estimate of drug-likeness (QED) is 0.850. The van der Waals surface area contributed by atoms with Crippen LogP contribution in [0.15, 0.2) is 18.2 Å². The Kier molecular flexibility index (Phi) is 3.84. The van der Waals surface area contributed by atoms with E-state index in [-0.39, 0.29) is 11.6 Å². The third-order valence-corrected chi connectivity index (χ3v) is 2.87. The van der Waals surface area contributed by atoms with Crippen molar-refractivity contribution in [2.75, 3.05) is 11.9 Å². The molecule has 1 saturated carbocycles. The van der Waals surface area contributed by atoms with Crippen molar-refractivity contribution in [3.63, 3.8) is 0 Å². The van der Waals surface area contributed by atoms with E-state index < -0.39 is 5.82 Å². The summed E-state index contributed by atoms with van der Waals surface area (Å²) >= 11 is 5.84. The third kappa shape index (κ3) is 3.60. The molecule has 1 aliphatic rings. The Morgan fingerprint density at radius 1 is 1.47 bits per heavy atom. The second kappa shape index (κ2) is 5.36. The number of para-hydroxylation sites is 1. The van der Waals surface area contributed by atoms with Gasteiger partial charge in [-0.3, -0.25) is 4.79 Å². The van der Waals surface area contributed by atoms with Gasteiger partial charge in [0.25, 0.3) is 0 Å². The normalized spacial score (nSPS) is 14.5. The summed E-state index contributed by atoms with van der Waals surface area (Å²) in [6, 6.07) is 4.85. The molecule has 0 aromatic heterocycles. The van der Waals surface area contributed by atoms with Crippen LogP contribution in [0, 0.1) is 5.82 Å². The van der Waals surface area contributed by atoms with Crippen molar-refractivity contribution in [3.8, 4) is 0 Å². The van der Waals surface area contributed by atoms with E-state index in [0.717, 1.165) is 12.8 Å². The van der Waals surface area contributed by atoms with Crippen LogP contribution in [-0.2, 0) is 4.79 Å². The van der Waals surface area contributed by atoms with Crippen LogP contribution in [0.5, 0.6) is 0 Å². The fraction of sp³-hybridized carbons (Fsp3) is 0.417. The highest BCUT2D eigenvalue weighted by molar-refractivity contribution is 6.33. The van der Waals surface area contributed by atoms with E-state index in [1.807, 2.05) is 0 Å². The van der Waals surface area contributed by atoms with Crippen LogP contribution in [0.4, 0.5) is 10.1 Å². The van der Waals surface area contributed by atoms with Gasteiger partial charge in [-0.2, -0.15) is 0 Å². The van der Waals surface area contributed by atoms with Crippen LogP contribution in [-0.4, -0.2) is 18.5 Å². The van der Waals surface area contributed by atoms with Gasteiger partial charge in [0.1, 0.15) is 5.82 Å². The SMILES string of the molecule is O=C(CCNc1c(F)cccc1Cl)NC1CC1. The maximum Gasteiger partial charge on any atom is 0.221 e. The van der Waals surface area contributed by atoms with Crippen molar-refractivity contribution in [2.24, 2.45) is 0 Å². The molecule has 1 aliphatic carbocycles. The van der Waals surface area contributed by atoms with Gasteiger partial charge < -0.3 is 10.6 Å². The zero-order valence-corrected chi connectivity index (χ0v) is 10.1. The summed E-state index contributed by atoms with van der Waals surface area (Å²) in [5.74, 6) is -0.410. The topological polar surface area (TPSA) is 41.1 Å². The van der Waals surface area contributed by atoms with Crippen LogP contribution in [0.2, 0.25) is 5.02 Å². The molecule has 0 unspecified atom stereocenters. The molecule has 3 nitrogen and oxygen atoms in total. The molecular formula is C12H14ClFN2O. The lowest BCUT2D eigenvalue weighted by Gasteiger charge is -2.09. The average molecular weight is 257 g/mol. The van der Waals surface area contributed by atoms with Crippen molar-refractivity contribution in [2.45, 2.75) is 25.3 Å². The summed E-state index contributed by atoms with van der Waals surface area (Å²) in [6.45, 7) is 0.374. The minimum absolute atomic E-state index is 0.00698. The van der Waals surface area contributed by atoms with E-state index in [0.29, 0.717) is 24.0 Å². The molecule has 1 aromatic carbocycles. The van der Waals surface area contributed by atoms with E-state index in [9.17, 15) is 9.18 Å². The maximum atomic E-state index is 13.3. The minimum atomic E-state index is -0.403. The van der Waals surface area contributed by atoms with Crippen molar-refractivity contribution in [1.82, 2.24) is 5.32 Å². The first-order valence-electron chi connectivity index (χ1n) is 5.64. The number of benzene rings is 1. The molecule has 2 rings (SSSR count). The predicted molar refractivity (Wildman–Crippen MR) is 65.7 cm³/mol. The van der Waals surface area contributed by atoms with Gasteiger partial charge in [-0.1, -0.05) is 17.7 Å². The molecule has 0 atom stereocenters. The van der Waals surface area contributed by atoms with Gasteiger partial charge in [0.2, 0.25) is 5.91 Å². The lowest BCUT2D eigenvalue weighted by molar-refractivity contribution is -0.120. The molecule has 2 N–H and O–H groups in total. The number of rotatable bonds is 5. The standard InChI is InChI=1S/C12H14ClFN2O/c13-9-2-1-3-10(14)12(9)15-7-6-11(17)16-8-4-5-8/h1-3,8,15H,4-7H2,(H,16,17). The highest BCUT2D eigenvalue weighted by Crippen LogP contribution is 2.24. The molecule has 0 bridgehead atoms. The zero-order chi connectivity index (χ0) is 12.3. The van der Waals surface area contributed by atoms with Gasteiger partial charge >= 0.3 is 0 Å². The lowest BCUT2D eigenvalue weighted by atomic mass is 10.3. The second-order valence-corrected chi connectivity index (χ2v) is 4.52. The summed E-state index contributed by atoms with van der Waals surface area (Å²) in [4.78, 5) is 11.4. The van der Waals surface area contributed by atoms with Crippen molar-refractivity contribution in [3.05, 3.63) is 29.0 Å². The Bertz CT molecular complexity index is 401. The summed E-state index contributed by atoms with van der Waals surface area (Å²) < 4.78 is 13.3. The number of nitrogens with one attached hydrogen (secondary N) is 2. The summed E-state index contributed by atoms with van der Waals surface area (Å²) in [7, 11) is 0. The molecule has 1 amide bonds. The first kappa shape index (κ1) is 12.2. The van der Waals surface area contributed by atoms with E-state index in [4.69, 9.17) is 11.6 Å². The molecule has 0 saturated heterocycles. The van der Waals surface area contributed by atoms with Crippen molar-refractivity contribution in [1.29, 1.82) is 0 Å². The number of anilines is 1. The van der Waals surface area contributed by atoms with Gasteiger partial charge in [-0.15, -0.1) is 0 Å². The van der Waals surface area contributed by atoms with Crippen LogP contribution in [0.3, 0.4) is 0 Å². The molecular weight excluding hydrogens is 243 g/mol. The van der Waals surface area contributed by atoms with Crippen LogP contribution >= 0.6 is 11.6 Å². The Labute approximate surface area is 104 Å². The first-order chi connectivity index (χ1) is 8.16. The Balaban J connectivity index is 1.79. The molecule has 1 aromatic rings. The third-order valence-electron chi connectivity index (χ3n) is 2.56. The molecule has 92 valence electrons. The molecule has 5 heteroatoms. The number of halogens is 2. The Morgan fingerprint density at radius 3 is 2.88 bits per heavy atom. The molecule has 17 heavy (non-hydrogen) atoms. The minimum Gasteiger partial charge on any atom is -0.381 e. The lowest BCUT2D eigenvalue weighted by Crippen LogP contribution is -2.27. The average Bonchev–Trinajstić information content (AvgIpc) is 3.06. The largest absolute Gasteiger partial charge is 0.381 e. The smallest absolute Gasteiger partial charge is 0.221 e. The van der Waals surface area contributed by atoms with Crippen molar-refractivity contribution < 1.29 is 9.18 Å². The number of amides is 1. The molecule has 0 radical (unpaired) electrons. The summed E-state index contributed by atoms with van der Waals surface area (Å²) in [5.41, 5.74) is 0.258. The highest BCUT2D eigenvalue weighted by Gasteiger charge is 2.22. The summed E-state index contributed by atoms with van der Waals surface area (Å²) in [6.07, 6.45) is 2.46. The zero-order valence-electron chi connectivity index (χ0n) is 9.30. The molecule has 1 fully saturated rings. The first-order valence-corrected chi connectivity index (χ1v) is 6.02. The number of hydrogen-bond donors (Lipinski definition) is 2. The molecule has 0 heterocycles. The van der Waals surface area contributed by atoms with E-state index >= 15 is 0 Å². The number of carbonyl (C=O) groups is 1. The van der Waals surface area contributed by atoms with Crippen LogP contribution in [0.1, 0.15) is 19.3 Å². The van der Waals surface area contributed by atoms with Crippen LogP contribution in [0.25, 0.3) is 0 Å². The van der Waals surface area contributed by atoms with Crippen molar-refractivity contribution >= 4 is 23.2 Å². The fourth-order valence-electron chi connectivity index (χ4n) is 1.50. The van der Waals surface area contributed by atoms with Gasteiger partial charge in [-0.25, -0.2) is 4.39 Å².